The monoisotopic (exact) mass is 319 g/mol. The normalized spacial score (nSPS) is 11.0. The molecule has 21 heavy (non-hydrogen) atoms. The van der Waals surface area contributed by atoms with Gasteiger partial charge in [0.2, 0.25) is 0 Å². The van der Waals surface area contributed by atoms with E-state index in [0.717, 1.165) is 27.2 Å². The Morgan fingerprint density at radius 1 is 1.33 bits per heavy atom. The van der Waals surface area contributed by atoms with Gasteiger partial charge in [0, 0.05) is 22.2 Å². The summed E-state index contributed by atoms with van der Waals surface area (Å²) in [5.41, 5.74) is 0.984. The molecule has 0 aliphatic rings. The average molecular weight is 320 g/mol. The summed E-state index contributed by atoms with van der Waals surface area (Å²) in [5, 5.41) is 4.34. The molecule has 0 fully saturated rings. The van der Waals surface area contributed by atoms with Crippen molar-refractivity contribution in [3.05, 3.63) is 57.3 Å². The lowest BCUT2D eigenvalue weighted by molar-refractivity contribution is 0.0955. The zero-order valence-corrected chi connectivity index (χ0v) is 13.3. The number of nitrogens with one attached hydrogen (secondary N) is 1. The lowest BCUT2D eigenvalue weighted by atomic mass is 10.2. The van der Waals surface area contributed by atoms with Crippen LogP contribution in [-0.4, -0.2) is 5.91 Å². The predicted octanol–water partition coefficient (Wildman–Crippen LogP) is 4.69. The van der Waals surface area contributed by atoms with E-state index in [9.17, 15) is 4.79 Å². The molecule has 0 radical (unpaired) electrons. The van der Waals surface area contributed by atoms with Crippen LogP contribution in [0.3, 0.4) is 0 Å². The summed E-state index contributed by atoms with van der Waals surface area (Å²) < 4.78 is 6.47. The number of carbonyl (C=O) groups excluding carboxylic acids is 1. The van der Waals surface area contributed by atoms with Crippen LogP contribution in [0.25, 0.3) is 10.1 Å². The van der Waals surface area contributed by atoms with E-state index in [-0.39, 0.29) is 5.91 Å². The highest BCUT2D eigenvalue weighted by molar-refractivity contribution is 7.21. The first-order chi connectivity index (χ1) is 10.1. The van der Waals surface area contributed by atoms with E-state index in [1.54, 1.807) is 0 Å². The topological polar surface area (TPSA) is 42.2 Å². The van der Waals surface area contributed by atoms with Crippen molar-refractivity contribution in [2.24, 2.45) is 0 Å². The third-order valence-electron chi connectivity index (χ3n) is 3.32. The second-order valence-electron chi connectivity index (χ2n) is 4.86. The Bertz CT molecular complexity index is 819. The molecule has 5 heteroatoms. The molecule has 3 aromatic rings. The summed E-state index contributed by atoms with van der Waals surface area (Å²) >= 11 is 7.71. The Hall–Kier alpha value is -1.78. The fourth-order valence-electron chi connectivity index (χ4n) is 2.27. The Kier molecular flexibility index (Phi) is 3.74. The van der Waals surface area contributed by atoms with Crippen LogP contribution in [0.1, 0.15) is 26.8 Å². The van der Waals surface area contributed by atoms with Gasteiger partial charge in [-0.2, -0.15) is 0 Å². The van der Waals surface area contributed by atoms with Crippen LogP contribution in [0.5, 0.6) is 0 Å². The number of rotatable bonds is 3. The highest BCUT2D eigenvalue weighted by Gasteiger charge is 2.17. The number of fused-ring (bicyclic) bond motifs is 1. The summed E-state index contributed by atoms with van der Waals surface area (Å²) in [5.74, 6) is 1.52. The first kappa shape index (κ1) is 14.2. The first-order valence-corrected chi connectivity index (χ1v) is 7.77. The van der Waals surface area contributed by atoms with Crippen LogP contribution < -0.4 is 5.32 Å². The van der Waals surface area contributed by atoms with Gasteiger partial charge in [-0.3, -0.25) is 4.79 Å². The van der Waals surface area contributed by atoms with Gasteiger partial charge in [0.25, 0.3) is 5.91 Å². The van der Waals surface area contributed by atoms with Crippen molar-refractivity contribution in [2.75, 3.05) is 0 Å². The van der Waals surface area contributed by atoms with Crippen LogP contribution in [-0.2, 0) is 6.54 Å². The van der Waals surface area contributed by atoms with Gasteiger partial charge >= 0.3 is 0 Å². The lowest BCUT2D eigenvalue weighted by Crippen LogP contribution is -2.22. The van der Waals surface area contributed by atoms with Gasteiger partial charge < -0.3 is 9.73 Å². The second-order valence-corrected chi connectivity index (χ2v) is 6.29. The standard InChI is InChI=1S/C16H14ClNO2S/c1-9-7-11(10(2)20-9)8-18-16(19)15-14(17)12-5-3-4-6-13(12)21-15/h3-7H,8H2,1-2H3,(H,18,19). The van der Waals surface area contributed by atoms with Crippen molar-refractivity contribution < 1.29 is 9.21 Å². The summed E-state index contributed by atoms with van der Waals surface area (Å²) in [7, 11) is 0. The maximum Gasteiger partial charge on any atom is 0.263 e. The van der Waals surface area contributed by atoms with Gasteiger partial charge in [0.05, 0.1) is 5.02 Å². The molecule has 1 amide bonds. The van der Waals surface area contributed by atoms with Crippen molar-refractivity contribution in [1.82, 2.24) is 5.32 Å². The maximum atomic E-state index is 12.3. The quantitative estimate of drug-likeness (QED) is 0.760. The third-order valence-corrected chi connectivity index (χ3v) is 5.00. The van der Waals surface area contributed by atoms with Gasteiger partial charge in [0.15, 0.2) is 0 Å². The Labute approximate surface area is 131 Å². The summed E-state index contributed by atoms with van der Waals surface area (Å²) in [6.07, 6.45) is 0. The molecule has 3 nitrogen and oxygen atoms in total. The third kappa shape index (κ3) is 2.69. The number of aryl methyl sites for hydroxylation is 2. The molecule has 0 saturated carbocycles. The molecule has 0 atom stereocenters. The van der Waals surface area contributed by atoms with Crippen molar-refractivity contribution >= 4 is 38.9 Å². The van der Waals surface area contributed by atoms with Crippen molar-refractivity contribution in [2.45, 2.75) is 20.4 Å². The Morgan fingerprint density at radius 2 is 2.10 bits per heavy atom. The summed E-state index contributed by atoms with van der Waals surface area (Å²) in [6, 6.07) is 9.68. The van der Waals surface area contributed by atoms with Crippen LogP contribution in [0.4, 0.5) is 0 Å². The van der Waals surface area contributed by atoms with E-state index in [1.165, 1.54) is 11.3 Å². The molecule has 2 aromatic heterocycles. The fourth-order valence-corrected chi connectivity index (χ4v) is 3.71. The van der Waals surface area contributed by atoms with E-state index in [0.29, 0.717) is 16.4 Å². The number of halogens is 1. The summed E-state index contributed by atoms with van der Waals surface area (Å²) in [4.78, 5) is 12.9. The minimum absolute atomic E-state index is 0.153. The molecule has 1 N–H and O–H groups in total. The molecule has 3 rings (SSSR count). The van der Waals surface area contributed by atoms with Gasteiger partial charge in [-0.25, -0.2) is 0 Å². The van der Waals surface area contributed by atoms with E-state index >= 15 is 0 Å². The lowest BCUT2D eigenvalue weighted by Gasteiger charge is -2.02. The molecular weight excluding hydrogens is 306 g/mol. The molecule has 1 aromatic carbocycles. The Balaban J connectivity index is 1.81. The average Bonchev–Trinajstić information content (AvgIpc) is 2.97. The molecule has 0 aliphatic carbocycles. The molecule has 0 spiro atoms. The zero-order chi connectivity index (χ0) is 15.0. The SMILES string of the molecule is Cc1cc(CNC(=O)c2sc3ccccc3c2Cl)c(C)o1. The van der Waals surface area contributed by atoms with Crippen molar-refractivity contribution in [3.63, 3.8) is 0 Å². The van der Waals surface area contributed by atoms with Crippen molar-refractivity contribution in [1.29, 1.82) is 0 Å². The predicted molar refractivity (Wildman–Crippen MR) is 86.2 cm³/mol. The molecule has 0 unspecified atom stereocenters. The van der Waals surface area contributed by atoms with Crippen molar-refractivity contribution in [3.8, 4) is 0 Å². The highest BCUT2D eigenvalue weighted by atomic mass is 35.5. The van der Waals surface area contributed by atoms with E-state index < -0.39 is 0 Å². The van der Waals surface area contributed by atoms with Gasteiger partial charge in [-0.15, -0.1) is 11.3 Å². The fraction of sp³-hybridized carbons (Fsp3) is 0.188. The van der Waals surface area contributed by atoms with Gasteiger partial charge in [-0.1, -0.05) is 29.8 Å². The molecule has 2 heterocycles. The molecule has 0 saturated heterocycles. The molecule has 0 bridgehead atoms. The van der Waals surface area contributed by atoms with Crippen LogP contribution in [0.15, 0.2) is 34.7 Å². The van der Waals surface area contributed by atoms with E-state index in [4.69, 9.17) is 16.0 Å². The zero-order valence-electron chi connectivity index (χ0n) is 11.7. The van der Waals surface area contributed by atoms with Gasteiger partial charge in [0.1, 0.15) is 16.4 Å². The number of furan rings is 1. The minimum Gasteiger partial charge on any atom is -0.466 e. The number of hydrogen-bond donors (Lipinski definition) is 1. The molecule has 0 aliphatic heterocycles. The van der Waals surface area contributed by atoms with Crippen LogP contribution in [0, 0.1) is 13.8 Å². The van der Waals surface area contributed by atoms with Gasteiger partial charge in [-0.05, 0) is 26.0 Å². The highest BCUT2D eigenvalue weighted by Crippen LogP contribution is 2.35. The second kappa shape index (κ2) is 5.54. The minimum atomic E-state index is -0.153. The number of hydrogen-bond acceptors (Lipinski definition) is 3. The Morgan fingerprint density at radius 3 is 2.76 bits per heavy atom. The summed E-state index contributed by atoms with van der Waals surface area (Å²) in [6.45, 7) is 4.22. The van der Waals surface area contributed by atoms with E-state index in [2.05, 4.69) is 5.32 Å². The van der Waals surface area contributed by atoms with E-state index in [1.807, 2.05) is 44.2 Å². The maximum absolute atomic E-state index is 12.3. The number of benzene rings is 1. The number of amides is 1. The number of carbonyl (C=O) groups is 1. The smallest absolute Gasteiger partial charge is 0.263 e. The molecule has 108 valence electrons. The molecular formula is C16H14ClNO2S. The first-order valence-electron chi connectivity index (χ1n) is 6.57. The largest absolute Gasteiger partial charge is 0.466 e. The van der Waals surface area contributed by atoms with Crippen LogP contribution >= 0.6 is 22.9 Å². The number of thiophene rings is 1. The van der Waals surface area contributed by atoms with Crippen LogP contribution in [0.2, 0.25) is 5.02 Å².